The predicted octanol–water partition coefficient (Wildman–Crippen LogP) is 9.32. The van der Waals surface area contributed by atoms with E-state index in [-0.39, 0.29) is 1.43 Å². The van der Waals surface area contributed by atoms with Gasteiger partial charge in [-0.25, -0.2) is 0 Å². The maximum absolute atomic E-state index is 5.19. The first-order valence-corrected chi connectivity index (χ1v) is 18.4. The minimum atomic E-state index is -0.397. The van der Waals surface area contributed by atoms with E-state index in [2.05, 4.69) is 136 Å². The number of nitrogens with one attached hydrogen (secondary N) is 2. The number of hydrogen-bond donors (Lipinski definition) is 2. The van der Waals surface area contributed by atoms with Crippen molar-refractivity contribution in [3.05, 3.63) is 112 Å². The summed E-state index contributed by atoms with van der Waals surface area (Å²) in [5.74, 6) is 2.29. The third kappa shape index (κ3) is 7.76. The average molecular weight is 660 g/mol. The lowest BCUT2D eigenvalue weighted by Gasteiger charge is -2.33. The molecule has 0 fully saturated rings. The van der Waals surface area contributed by atoms with E-state index in [9.17, 15) is 0 Å². The summed E-state index contributed by atoms with van der Waals surface area (Å²) in [5.41, 5.74) is 11.6. The Balaban J connectivity index is 0.00000486. The molecule has 4 atom stereocenters. The third-order valence-electron chi connectivity index (χ3n) is 10.9. The van der Waals surface area contributed by atoms with Crippen LogP contribution in [0.1, 0.15) is 102 Å². The highest BCUT2D eigenvalue weighted by atomic mass is 15.3. The first kappa shape index (κ1) is 34.5. The fourth-order valence-electron chi connectivity index (χ4n) is 7.52. The van der Waals surface area contributed by atoms with E-state index < -0.39 is 5.66 Å². The minimum Gasteiger partial charge on any atom is -0.387 e. The molecule has 0 radical (unpaired) electrons. The molecule has 0 saturated heterocycles. The van der Waals surface area contributed by atoms with Crippen LogP contribution in [0.3, 0.4) is 0 Å². The first-order chi connectivity index (χ1) is 23.7. The number of aryl methyl sites for hydroxylation is 3. The molecule has 260 valence electrons. The van der Waals surface area contributed by atoms with Crippen LogP contribution in [0.4, 0.5) is 5.82 Å². The second-order valence-electron chi connectivity index (χ2n) is 14.5. The molecule has 2 N–H and O–H groups in total. The Hall–Kier alpha value is -4.39. The second kappa shape index (κ2) is 15.0. The van der Waals surface area contributed by atoms with Crippen LogP contribution in [0, 0.1) is 17.8 Å². The van der Waals surface area contributed by atoms with Crippen LogP contribution in [-0.4, -0.2) is 31.4 Å². The normalized spacial score (nSPS) is 21.3. The highest BCUT2D eigenvalue weighted by molar-refractivity contribution is 5.94. The van der Waals surface area contributed by atoms with Gasteiger partial charge in [0.1, 0.15) is 11.5 Å². The molecule has 0 saturated carbocycles. The number of benzene rings is 2. The number of aliphatic imine (C=N–C) groups is 1. The molecule has 1 aliphatic carbocycles. The van der Waals surface area contributed by atoms with Gasteiger partial charge in [0.25, 0.3) is 0 Å². The van der Waals surface area contributed by atoms with Crippen molar-refractivity contribution in [1.29, 1.82) is 0 Å². The van der Waals surface area contributed by atoms with Crippen LogP contribution < -0.4 is 10.6 Å². The van der Waals surface area contributed by atoms with Gasteiger partial charge in [0.05, 0.1) is 11.4 Å². The molecule has 7 nitrogen and oxygen atoms in total. The molecule has 3 heterocycles. The Morgan fingerprint density at radius 1 is 1.04 bits per heavy atom. The SMILES string of the molecule is CCC(C)C(C)/C(=C\NCc1ccccc1)c1cccc(Cc2c3c(nn2C)CCC2=C3C(C)CCC(C)(Nc3ccn(CC)n3)/N=C\2)c1.[HH]. The Bertz CT molecular complexity index is 1830. The lowest BCUT2D eigenvalue weighted by Crippen LogP contribution is -2.35. The molecule has 4 unspecified atom stereocenters. The van der Waals surface area contributed by atoms with Crippen molar-refractivity contribution in [2.45, 2.75) is 98.8 Å². The third-order valence-corrected chi connectivity index (χ3v) is 10.9. The van der Waals surface area contributed by atoms with Gasteiger partial charge in [-0.3, -0.25) is 14.4 Å². The highest BCUT2D eigenvalue weighted by Crippen LogP contribution is 2.42. The second-order valence-corrected chi connectivity index (χ2v) is 14.5. The van der Waals surface area contributed by atoms with E-state index in [1.54, 1.807) is 0 Å². The van der Waals surface area contributed by atoms with Gasteiger partial charge in [0.2, 0.25) is 0 Å². The lowest BCUT2D eigenvalue weighted by molar-refractivity contribution is 0.443. The summed E-state index contributed by atoms with van der Waals surface area (Å²) in [6.07, 6.45) is 12.3. The highest BCUT2D eigenvalue weighted by Gasteiger charge is 2.33. The summed E-state index contributed by atoms with van der Waals surface area (Å²) in [5, 5.41) is 17.1. The van der Waals surface area contributed by atoms with E-state index in [0.717, 1.165) is 57.4 Å². The molecular weight excluding hydrogens is 603 g/mol. The van der Waals surface area contributed by atoms with Gasteiger partial charge < -0.3 is 10.6 Å². The minimum absolute atomic E-state index is 0. The number of hydrogen-bond acceptors (Lipinski definition) is 5. The largest absolute Gasteiger partial charge is 0.387 e. The molecule has 2 aliphatic rings. The first-order valence-electron chi connectivity index (χ1n) is 18.4. The van der Waals surface area contributed by atoms with Crippen molar-refractivity contribution in [2.75, 3.05) is 5.32 Å². The topological polar surface area (TPSA) is 72.1 Å². The zero-order valence-electron chi connectivity index (χ0n) is 30.6. The Morgan fingerprint density at radius 3 is 2.59 bits per heavy atom. The zero-order chi connectivity index (χ0) is 34.5. The van der Waals surface area contributed by atoms with Crippen LogP contribution in [-0.2, 0) is 33.0 Å². The summed E-state index contributed by atoms with van der Waals surface area (Å²) < 4.78 is 4.10. The van der Waals surface area contributed by atoms with Crippen molar-refractivity contribution >= 4 is 23.2 Å². The van der Waals surface area contributed by atoms with Gasteiger partial charge in [0, 0.05) is 58.2 Å². The van der Waals surface area contributed by atoms with Crippen molar-refractivity contribution in [3.63, 3.8) is 0 Å². The summed E-state index contributed by atoms with van der Waals surface area (Å²) in [6, 6.07) is 21.9. The molecule has 4 aromatic rings. The van der Waals surface area contributed by atoms with E-state index in [1.165, 1.54) is 50.4 Å². The quantitative estimate of drug-likeness (QED) is 0.159. The fraction of sp³-hybridized carbons (Fsp3) is 0.452. The number of anilines is 1. The molecular formula is C42H57N7. The van der Waals surface area contributed by atoms with Crippen molar-refractivity contribution in [1.82, 2.24) is 24.9 Å². The molecule has 0 amide bonds. The fourth-order valence-corrected chi connectivity index (χ4v) is 7.52. The lowest BCUT2D eigenvalue weighted by atomic mass is 9.78. The van der Waals surface area contributed by atoms with E-state index in [0.29, 0.717) is 17.8 Å². The van der Waals surface area contributed by atoms with Crippen molar-refractivity contribution in [3.8, 4) is 0 Å². The standard InChI is InChI=1S/C42H55N7.H2/c1-8-29(3)31(5)36(28-43-26-32-14-11-10-12-15-32)34-17-13-16-33(24-34)25-38-41-37(46-48(38)7)19-18-35-27-44-42(6,22-20-30(4)40(35)41)45-39-21-23-49(9-2)47-39;/h10-17,21,23-24,27-31,43H,8-9,18-20,22,25-26H2,1-7H3,(H,45,47);1H/b36-28+,44-27-;. The van der Waals surface area contributed by atoms with Crippen molar-refractivity contribution < 1.29 is 1.43 Å². The molecule has 2 aromatic carbocycles. The van der Waals surface area contributed by atoms with Gasteiger partial charge in [-0.2, -0.15) is 10.2 Å². The monoisotopic (exact) mass is 659 g/mol. The average Bonchev–Trinajstić information content (AvgIpc) is 3.70. The van der Waals surface area contributed by atoms with Gasteiger partial charge in [0.15, 0.2) is 0 Å². The van der Waals surface area contributed by atoms with E-state index in [4.69, 9.17) is 10.1 Å². The van der Waals surface area contributed by atoms with E-state index in [1.807, 2.05) is 16.9 Å². The van der Waals surface area contributed by atoms with Crippen LogP contribution >= 0.6 is 0 Å². The molecule has 1 aliphatic heterocycles. The van der Waals surface area contributed by atoms with Gasteiger partial charge in [-0.15, -0.1) is 0 Å². The Morgan fingerprint density at radius 2 is 1.84 bits per heavy atom. The Labute approximate surface area is 295 Å². The smallest absolute Gasteiger partial charge is 0.149 e. The van der Waals surface area contributed by atoms with Crippen LogP contribution in [0.25, 0.3) is 11.1 Å². The zero-order valence-corrected chi connectivity index (χ0v) is 30.6. The van der Waals surface area contributed by atoms with Crippen LogP contribution in [0.15, 0.2) is 83.6 Å². The molecule has 49 heavy (non-hydrogen) atoms. The summed E-state index contributed by atoms with van der Waals surface area (Å²) in [4.78, 5) is 5.19. The number of allylic oxidation sites excluding steroid dienone is 3. The van der Waals surface area contributed by atoms with Gasteiger partial charge >= 0.3 is 0 Å². The molecule has 2 aromatic heterocycles. The summed E-state index contributed by atoms with van der Waals surface area (Å²) >= 11 is 0. The molecule has 7 heteroatoms. The maximum atomic E-state index is 5.19. The summed E-state index contributed by atoms with van der Waals surface area (Å²) in [7, 11) is 2.12. The van der Waals surface area contributed by atoms with Gasteiger partial charge in [-0.1, -0.05) is 88.7 Å². The molecule has 6 rings (SSSR count). The van der Waals surface area contributed by atoms with Crippen LogP contribution in [0.5, 0.6) is 0 Å². The number of aromatic nitrogens is 4. The van der Waals surface area contributed by atoms with Crippen molar-refractivity contribution in [2.24, 2.45) is 29.8 Å². The number of nitrogens with zero attached hydrogens (tertiary/aromatic N) is 5. The predicted molar refractivity (Wildman–Crippen MR) is 207 cm³/mol. The maximum Gasteiger partial charge on any atom is 0.149 e. The Kier molecular flexibility index (Phi) is 10.6. The number of fused-ring (bicyclic) bond motifs is 2. The molecule has 0 bridgehead atoms. The summed E-state index contributed by atoms with van der Waals surface area (Å²) in [6.45, 7) is 15.4. The van der Waals surface area contributed by atoms with Gasteiger partial charge in [-0.05, 0) is 90.7 Å². The molecule has 0 spiro atoms. The van der Waals surface area contributed by atoms with Crippen LogP contribution in [0.2, 0.25) is 0 Å². The van der Waals surface area contributed by atoms with E-state index >= 15 is 0 Å². The number of rotatable bonds is 12.